The molecule has 4 rings (SSSR count). The minimum absolute atomic E-state index is 0.207. The number of likely N-dealkylation sites (tertiary alicyclic amines) is 1. The molecule has 2 amide bonds. The number of carbonyl (C=O) groups excluding carboxylic acids is 2. The van der Waals surface area contributed by atoms with Gasteiger partial charge in [0, 0.05) is 30.5 Å². The summed E-state index contributed by atoms with van der Waals surface area (Å²) in [5, 5.41) is 3.41. The van der Waals surface area contributed by atoms with Crippen LogP contribution >= 0.6 is 0 Å². The number of hydrogen-bond acceptors (Lipinski definition) is 5. The number of anilines is 2. The number of aromatic nitrogens is 1. The van der Waals surface area contributed by atoms with Gasteiger partial charge in [0.15, 0.2) is 0 Å². The Morgan fingerprint density at radius 3 is 2.67 bits per heavy atom. The second-order valence-electron chi connectivity index (χ2n) is 7.25. The molecule has 6 heteroatoms. The van der Waals surface area contributed by atoms with Crippen LogP contribution in [-0.4, -0.2) is 47.9 Å². The first-order valence-corrected chi connectivity index (χ1v) is 9.51. The summed E-state index contributed by atoms with van der Waals surface area (Å²) in [6.45, 7) is 6.15. The Balaban J connectivity index is 1.48. The predicted octanol–water partition coefficient (Wildman–Crippen LogP) is 2.63. The number of rotatable bonds is 5. The summed E-state index contributed by atoms with van der Waals surface area (Å²) in [4.78, 5) is 33.3. The molecule has 2 aliphatic heterocycles. The Bertz CT molecular complexity index is 857. The zero-order valence-corrected chi connectivity index (χ0v) is 15.6. The van der Waals surface area contributed by atoms with Crippen molar-refractivity contribution in [3.63, 3.8) is 0 Å². The number of nitrogens with zero attached hydrogens (tertiary/aromatic N) is 3. The van der Waals surface area contributed by atoms with Crippen molar-refractivity contribution >= 4 is 23.3 Å². The number of pyridine rings is 1. The molecule has 1 saturated heterocycles. The number of hydrogen-bond donors (Lipinski definition) is 1. The van der Waals surface area contributed by atoms with E-state index in [9.17, 15) is 9.59 Å². The molecule has 0 bridgehead atoms. The Hall–Kier alpha value is -2.73. The van der Waals surface area contributed by atoms with E-state index in [1.54, 1.807) is 12.3 Å². The molecule has 1 aromatic heterocycles. The molecule has 2 aliphatic rings. The molecule has 2 aromatic rings. The van der Waals surface area contributed by atoms with Crippen LogP contribution in [0.2, 0.25) is 0 Å². The van der Waals surface area contributed by atoms with E-state index in [2.05, 4.69) is 15.2 Å². The fourth-order valence-corrected chi connectivity index (χ4v) is 3.72. The van der Waals surface area contributed by atoms with Gasteiger partial charge in [-0.15, -0.1) is 0 Å². The highest BCUT2D eigenvalue weighted by Gasteiger charge is 2.33. The lowest BCUT2D eigenvalue weighted by molar-refractivity contribution is -0.117. The van der Waals surface area contributed by atoms with E-state index < -0.39 is 0 Å². The number of aryl methyl sites for hydroxylation is 1. The molecule has 1 aromatic carbocycles. The first-order chi connectivity index (χ1) is 13.1. The largest absolute Gasteiger partial charge is 0.384 e. The lowest BCUT2D eigenvalue weighted by atomic mass is 9.97. The van der Waals surface area contributed by atoms with Crippen LogP contribution in [0.5, 0.6) is 0 Å². The number of amides is 2. The molecule has 0 unspecified atom stereocenters. The topological polar surface area (TPSA) is 65.5 Å². The zero-order valence-electron chi connectivity index (χ0n) is 15.6. The Morgan fingerprint density at radius 2 is 1.93 bits per heavy atom. The van der Waals surface area contributed by atoms with Gasteiger partial charge in [-0.05, 0) is 68.2 Å². The SMILES string of the molecule is Cc1ccc(N2C(=O)Cc3cc(NCCN4CCCC4)ccc3C2=O)nc1. The molecule has 0 aliphatic carbocycles. The van der Waals surface area contributed by atoms with Gasteiger partial charge in [0.1, 0.15) is 5.82 Å². The Kier molecular flexibility index (Phi) is 4.90. The van der Waals surface area contributed by atoms with Crippen LogP contribution in [0.25, 0.3) is 0 Å². The third kappa shape index (κ3) is 3.71. The number of imide groups is 1. The van der Waals surface area contributed by atoms with E-state index in [0.717, 1.165) is 29.9 Å². The van der Waals surface area contributed by atoms with Gasteiger partial charge in [-0.3, -0.25) is 9.59 Å². The summed E-state index contributed by atoms with van der Waals surface area (Å²) in [7, 11) is 0. The van der Waals surface area contributed by atoms with Crippen molar-refractivity contribution in [3.8, 4) is 0 Å². The maximum Gasteiger partial charge on any atom is 0.266 e. The average Bonchev–Trinajstić information content (AvgIpc) is 3.16. The highest BCUT2D eigenvalue weighted by atomic mass is 16.2. The van der Waals surface area contributed by atoms with Gasteiger partial charge in [-0.1, -0.05) is 6.07 Å². The van der Waals surface area contributed by atoms with Crippen molar-refractivity contribution in [2.75, 3.05) is 36.4 Å². The molecule has 0 radical (unpaired) electrons. The second kappa shape index (κ2) is 7.48. The minimum atomic E-state index is -0.304. The standard InChI is InChI=1S/C21H24N4O2/c1-15-4-7-19(23-14-15)25-20(26)13-16-12-17(5-6-18(16)21(25)27)22-8-11-24-9-2-3-10-24/h4-7,12,14,22H,2-3,8-11,13H2,1H3. The van der Waals surface area contributed by atoms with Crippen molar-refractivity contribution in [2.45, 2.75) is 26.2 Å². The molecule has 0 spiro atoms. The third-order valence-corrected chi connectivity index (χ3v) is 5.21. The van der Waals surface area contributed by atoms with E-state index in [0.29, 0.717) is 11.4 Å². The third-order valence-electron chi connectivity index (χ3n) is 5.21. The van der Waals surface area contributed by atoms with Gasteiger partial charge < -0.3 is 10.2 Å². The summed E-state index contributed by atoms with van der Waals surface area (Å²) in [6.07, 6.45) is 4.45. The maximum atomic E-state index is 12.8. The highest BCUT2D eigenvalue weighted by molar-refractivity contribution is 6.24. The molecular weight excluding hydrogens is 340 g/mol. The fraction of sp³-hybridized carbons (Fsp3) is 0.381. The summed E-state index contributed by atoms with van der Waals surface area (Å²) >= 11 is 0. The van der Waals surface area contributed by atoms with Gasteiger partial charge in [0.2, 0.25) is 5.91 Å². The molecule has 140 valence electrons. The quantitative estimate of drug-likeness (QED) is 0.826. The Morgan fingerprint density at radius 1 is 1.11 bits per heavy atom. The number of nitrogens with one attached hydrogen (secondary N) is 1. The van der Waals surface area contributed by atoms with Crippen molar-refractivity contribution in [3.05, 3.63) is 53.2 Å². The van der Waals surface area contributed by atoms with Crippen molar-refractivity contribution in [2.24, 2.45) is 0 Å². The molecule has 6 nitrogen and oxygen atoms in total. The predicted molar refractivity (Wildman–Crippen MR) is 105 cm³/mol. The van der Waals surface area contributed by atoms with Crippen LogP contribution in [0.15, 0.2) is 36.5 Å². The fourth-order valence-electron chi connectivity index (χ4n) is 3.72. The first-order valence-electron chi connectivity index (χ1n) is 9.51. The zero-order chi connectivity index (χ0) is 18.8. The van der Waals surface area contributed by atoms with E-state index in [1.165, 1.54) is 30.8 Å². The average molecular weight is 364 g/mol. The smallest absolute Gasteiger partial charge is 0.266 e. The van der Waals surface area contributed by atoms with Crippen molar-refractivity contribution in [1.29, 1.82) is 0 Å². The maximum absolute atomic E-state index is 12.8. The number of fused-ring (bicyclic) bond motifs is 1. The number of benzene rings is 1. The van der Waals surface area contributed by atoms with Crippen molar-refractivity contribution in [1.82, 2.24) is 9.88 Å². The van der Waals surface area contributed by atoms with Gasteiger partial charge in [-0.2, -0.15) is 0 Å². The van der Waals surface area contributed by atoms with E-state index in [1.807, 2.05) is 31.2 Å². The minimum Gasteiger partial charge on any atom is -0.384 e. The van der Waals surface area contributed by atoms with Crippen LogP contribution in [0.3, 0.4) is 0 Å². The van der Waals surface area contributed by atoms with Gasteiger partial charge >= 0.3 is 0 Å². The van der Waals surface area contributed by atoms with Crippen LogP contribution < -0.4 is 10.2 Å². The normalized spacial score (nSPS) is 17.3. The van der Waals surface area contributed by atoms with Gasteiger partial charge in [-0.25, -0.2) is 9.88 Å². The molecule has 3 heterocycles. The molecule has 1 N–H and O–H groups in total. The van der Waals surface area contributed by atoms with Crippen molar-refractivity contribution < 1.29 is 9.59 Å². The van der Waals surface area contributed by atoms with Crippen LogP contribution in [0.4, 0.5) is 11.5 Å². The van der Waals surface area contributed by atoms with Gasteiger partial charge in [0.25, 0.3) is 5.91 Å². The lowest BCUT2D eigenvalue weighted by Gasteiger charge is -2.26. The monoisotopic (exact) mass is 364 g/mol. The summed E-state index contributed by atoms with van der Waals surface area (Å²) in [5.74, 6) is -0.159. The summed E-state index contributed by atoms with van der Waals surface area (Å²) in [6, 6.07) is 9.21. The molecular formula is C21H24N4O2. The first kappa shape index (κ1) is 17.7. The van der Waals surface area contributed by atoms with Gasteiger partial charge in [0.05, 0.1) is 6.42 Å². The number of carbonyl (C=O) groups is 2. The summed E-state index contributed by atoms with van der Waals surface area (Å²) in [5.41, 5.74) is 3.29. The molecule has 27 heavy (non-hydrogen) atoms. The highest BCUT2D eigenvalue weighted by Crippen LogP contribution is 2.26. The van der Waals surface area contributed by atoms with E-state index >= 15 is 0 Å². The van der Waals surface area contributed by atoms with E-state index in [-0.39, 0.29) is 18.2 Å². The molecule has 0 atom stereocenters. The van der Waals surface area contributed by atoms with Crippen LogP contribution in [0.1, 0.15) is 34.3 Å². The van der Waals surface area contributed by atoms with Crippen LogP contribution in [0, 0.1) is 6.92 Å². The summed E-state index contributed by atoms with van der Waals surface area (Å²) < 4.78 is 0. The molecule has 0 saturated carbocycles. The lowest BCUT2D eigenvalue weighted by Crippen LogP contribution is -2.43. The molecule has 1 fully saturated rings. The second-order valence-corrected chi connectivity index (χ2v) is 7.25. The Labute approximate surface area is 159 Å². The van der Waals surface area contributed by atoms with E-state index in [4.69, 9.17) is 0 Å². The van der Waals surface area contributed by atoms with Crippen LogP contribution in [-0.2, 0) is 11.2 Å².